The van der Waals surface area contributed by atoms with Gasteiger partial charge in [0.15, 0.2) is 11.5 Å². The van der Waals surface area contributed by atoms with Gasteiger partial charge in [-0.05, 0) is 66.4 Å². The minimum Gasteiger partial charge on any atom is -0.497 e. The molecule has 0 spiro atoms. The zero-order valence-corrected chi connectivity index (χ0v) is 22.2. The Labute approximate surface area is 227 Å². The summed E-state index contributed by atoms with van der Waals surface area (Å²) in [6, 6.07) is 20.5. The molecule has 3 aromatic rings. The molecule has 0 aliphatic carbocycles. The number of methoxy groups -OCH3 is 2. The fraction of sp³-hybridized carbons (Fsp3) is 0.310. The third-order valence-electron chi connectivity index (χ3n) is 5.79. The second-order valence-corrected chi connectivity index (χ2v) is 8.56. The molecule has 0 saturated heterocycles. The second kappa shape index (κ2) is 14.5. The van der Waals surface area contributed by atoms with E-state index in [0.717, 1.165) is 60.4 Å². The molecule has 0 saturated carbocycles. The molecule has 208 valence electrons. The topological polar surface area (TPSA) is 124 Å². The molecular weight excluding hydrogens is 506 g/mol. The van der Waals surface area contributed by atoms with Crippen molar-refractivity contribution in [3.05, 3.63) is 77.4 Å². The van der Waals surface area contributed by atoms with Gasteiger partial charge in [0.2, 0.25) is 6.79 Å². The Balaban J connectivity index is 0.000000631. The molecule has 0 fully saturated rings. The number of carboxylic acid groups (broad SMARTS) is 2. The Morgan fingerprint density at radius 1 is 0.769 bits per heavy atom. The summed E-state index contributed by atoms with van der Waals surface area (Å²) in [7, 11) is 3.35. The van der Waals surface area contributed by atoms with E-state index >= 15 is 0 Å². The summed E-state index contributed by atoms with van der Waals surface area (Å²) in [5, 5.41) is 14.8. The Hall–Kier alpha value is -4.44. The molecule has 0 atom stereocenters. The molecule has 0 radical (unpaired) electrons. The molecule has 0 unspecified atom stereocenters. The van der Waals surface area contributed by atoms with Gasteiger partial charge in [-0.3, -0.25) is 4.90 Å². The van der Waals surface area contributed by atoms with Crippen LogP contribution in [0.1, 0.15) is 23.6 Å². The number of fused-ring (bicyclic) bond motifs is 1. The predicted molar refractivity (Wildman–Crippen MR) is 143 cm³/mol. The monoisotopic (exact) mass is 539 g/mol. The number of nitrogens with zero attached hydrogens (tertiary/aromatic N) is 1. The summed E-state index contributed by atoms with van der Waals surface area (Å²) in [6.45, 7) is 5.42. The number of rotatable bonds is 11. The van der Waals surface area contributed by atoms with Crippen molar-refractivity contribution in [1.29, 1.82) is 0 Å². The Morgan fingerprint density at radius 3 is 1.95 bits per heavy atom. The average molecular weight is 540 g/mol. The normalized spacial score (nSPS) is 11.4. The van der Waals surface area contributed by atoms with E-state index in [1.54, 1.807) is 14.2 Å². The highest BCUT2D eigenvalue weighted by molar-refractivity contribution is 6.27. The first kappa shape index (κ1) is 29.1. The van der Waals surface area contributed by atoms with Crippen molar-refractivity contribution < 1.29 is 43.5 Å². The van der Waals surface area contributed by atoms with Crippen LogP contribution in [-0.2, 0) is 29.1 Å². The van der Waals surface area contributed by atoms with Crippen molar-refractivity contribution >= 4 is 11.9 Å². The van der Waals surface area contributed by atoms with Gasteiger partial charge in [0.25, 0.3) is 0 Å². The average Bonchev–Trinajstić information content (AvgIpc) is 3.41. The minimum atomic E-state index is -1.82. The van der Waals surface area contributed by atoms with E-state index in [1.807, 2.05) is 31.2 Å². The fourth-order valence-electron chi connectivity index (χ4n) is 3.93. The summed E-state index contributed by atoms with van der Waals surface area (Å²) in [6.07, 6.45) is 0.898. The largest absolute Gasteiger partial charge is 0.497 e. The standard InChI is InChI=1S/C27H31NO5.C2H2O4/c1-4-31-23-8-5-21(6-9-23)17-28(18-22-13-24(29-2)16-25(14-22)30-3)12-11-20-7-10-26-27(15-20)33-19-32-26;3-1(4)2(5)6/h5-10,13-16H,4,11-12,17-19H2,1-3H3;(H,3,4)(H,5,6). The van der Waals surface area contributed by atoms with Crippen LogP contribution in [0.5, 0.6) is 28.7 Å². The third kappa shape index (κ3) is 9.11. The number of carbonyl (C=O) groups is 2. The van der Waals surface area contributed by atoms with Gasteiger partial charge in [0.05, 0.1) is 20.8 Å². The predicted octanol–water partition coefficient (Wildman–Crippen LogP) is 4.23. The molecule has 1 aliphatic rings. The lowest BCUT2D eigenvalue weighted by Gasteiger charge is -2.23. The molecule has 0 aromatic heterocycles. The Kier molecular flexibility index (Phi) is 10.8. The molecule has 39 heavy (non-hydrogen) atoms. The highest BCUT2D eigenvalue weighted by atomic mass is 16.7. The summed E-state index contributed by atoms with van der Waals surface area (Å²) >= 11 is 0. The Bertz CT molecular complexity index is 1210. The fourth-order valence-corrected chi connectivity index (χ4v) is 3.93. The first-order valence-corrected chi connectivity index (χ1v) is 12.3. The van der Waals surface area contributed by atoms with Crippen LogP contribution >= 0.6 is 0 Å². The van der Waals surface area contributed by atoms with Gasteiger partial charge in [0, 0.05) is 25.7 Å². The van der Waals surface area contributed by atoms with Crippen molar-refractivity contribution in [2.75, 3.05) is 34.2 Å². The van der Waals surface area contributed by atoms with Gasteiger partial charge in [-0.25, -0.2) is 9.59 Å². The quantitative estimate of drug-likeness (QED) is 0.342. The van der Waals surface area contributed by atoms with Crippen LogP contribution in [0.2, 0.25) is 0 Å². The molecule has 10 nitrogen and oxygen atoms in total. The van der Waals surface area contributed by atoms with Crippen molar-refractivity contribution in [2.24, 2.45) is 0 Å². The molecule has 4 rings (SSSR count). The van der Waals surface area contributed by atoms with Crippen molar-refractivity contribution in [3.8, 4) is 28.7 Å². The van der Waals surface area contributed by atoms with E-state index < -0.39 is 11.9 Å². The van der Waals surface area contributed by atoms with Crippen LogP contribution in [0, 0.1) is 0 Å². The Morgan fingerprint density at radius 2 is 1.36 bits per heavy atom. The molecule has 1 aliphatic heterocycles. The van der Waals surface area contributed by atoms with Gasteiger partial charge >= 0.3 is 11.9 Å². The number of hydrogen-bond donors (Lipinski definition) is 2. The van der Waals surface area contributed by atoms with Crippen molar-refractivity contribution in [1.82, 2.24) is 4.90 Å². The smallest absolute Gasteiger partial charge is 0.414 e. The molecule has 0 amide bonds. The van der Waals surface area contributed by atoms with E-state index in [-0.39, 0.29) is 0 Å². The van der Waals surface area contributed by atoms with Crippen LogP contribution in [-0.4, -0.2) is 61.2 Å². The number of ether oxygens (including phenoxy) is 5. The SMILES string of the molecule is CCOc1ccc(CN(CCc2ccc3c(c2)OCO3)Cc2cc(OC)cc(OC)c2)cc1.O=C(O)C(=O)O. The number of benzene rings is 3. The lowest BCUT2D eigenvalue weighted by Crippen LogP contribution is -2.25. The van der Waals surface area contributed by atoms with Crippen LogP contribution in [0.3, 0.4) is 0 Å². The first-order chi connectivity index (χ1) is 18.8. The van der Waals surface area contributed by atoms with Gasteiger partial charge < -0.3 is 33.9 Å². The maximum atomic E-state index is 9.10. The van der Waals surface area contributed by atoms with Crippen molar-refractivity contribution in [3.63, 3.8) is 0 Å². The summed E-state index contributed by atoms with van der Waals surface area (Å²) in [5.74, 6) is 0.467. The maximum Gasteiger partial charge on any atom is 0.414 e. The highest BCUT2D eigenvalue weighted by Crippen LogP contribution is 2.33. The molecule has 0 bridgehead atoms. The maximum absolute atomic E-state index is 9.10. The summed E-state index contributed by atoms with van der Waals surface area (Å²) in [4.78, 5) is 20.6. The van der Waals surface area contributed by atoms with Crippen molar-refractivity contribution in [2.45, 2.75) is 26.4 Å². The highest BCUT2D eigenvalue weighted by Gasteiger charge is 2.15. The van der Waals surface area contributed by atoms with E-state index in [1.165, 1.54) is 11.1 Å². The minimum absolute atomic E-state index is 0.292. The second-order valence-electron chi connectivity index (χ2n) is 8.56. The van der Waals surface area contributed by atoms with Gasteiger partial charge in [0.1, 0.15) is 17.2 Å². The van der Waals surface area contributed by atoms with Crippen LogP contribution in [0.25, 0.3) is 0 Å². The first-order valence-electron chi connectivity index (χ1n) is 12.3. The number of hydrogen-bond acceptors (Lipinski definition) is 8. The van der Waals surface area contributed by atoms with Crippen LogP contribution in [0.15, 0.2) is 60.7 Å². The molecule has 3 aromatic carbocycles. The van der Waals surface area contributed by atoms with E-state index in [4.69, 9.17) is 43.5 Å². The number of aliphatic carboxylic acids is 2. The van der Waals surface area contributed by atoms with Crippen LogP contribution in [0.4, 0.5) is 0 Å². The van der Waals surface area contributed by atoms with E-state index in [2.05, 4.69) is 41.3 Å². The zero-order chi connectivity index (χ0) is 28.2. The molecule has 10 heteroatoms. The van der Waals surface area contributed by atoms with Gasteiger partial charge in [-0.15, -0.1) is 0 Å². The molecule has 2 N–H and O–H groups in total. The summed E-state index contributed by atoms with van der Waals surface area (Å²) in [5.41, 5.74) is 3.60. The van der Waals surface area contributed by atoms with Gasteiger partial charge in [-0.2, -0.15) is 0 Å². The van der Waals surface area contributed by atoms with E-state index in [0.29, 0.717) is 13.4 Å². The molecule has 1 heterocycles. The van der Waals surface area contributed by atoms with Crippen LogP contribution < -0.4 is 23.7 Å². The lowest BCUT2D eigenvalue weighted by molar-refractivity contribution is -0.159. The lowest BCUT2D eigenvalue weighted by atomic mass is 10.1. The van der Waals surface area contributed by atoms with Gasteiger partial charge in [-0.1, -0.05) is 18.2 Å². The van der Waals surface area contributed by atoms with E-state index in [9.17, 15) is 0 Å². The number of carboxylic acids is 2. The summed E-state index contributed by atoms with van der Waals surface area (Å²) < 4.78 is 27.5. The third-order valence-corrected chi connectivity index (χ3v) is 5.79. The molecular formula is C29H33NO9. The zero-order valence-electron chi connectivity index (χ0n) is 22.2.